The minimum absolute atomic E-state index is 0.0981. The number of sulfonamides is 2. The van der Waals surface area contributed by atoms with Gasteiger partial charge in [-0.1, -0.05) is 26.0 Å². The molecule has 17 heavy (non-hydrogen) atoms. The van der Waals surface area contributed by atoms with Gasteiger partial charge in [0, 0.05) is 0 Å². The van der Waals surface area contributed by atoms with E-state index in [0.717, 1.165) is 12.5 Å². The number of allylic oxidation sites excluding steroid dienone is 3. The fourth-order valence-corrected chi connectivity index (χ4v) is 4.63. The van der Waals surface area contributed by atoms with E-state index in [2.05, 4.69) is 0 Å². The van der Waals surface area contributed by atoms with Gasteiger partial charge in [0.2, 0.25) is 20.0 Å². The first kappa shape index (κ1) is 14.2. The van der Waals surface area contributed by atoms with Crippen molar-refractivity contribution in [2.45, 2.75) is 13.8 Å². The molecular formula is C10H17NO4S2. The van der Waals surface area contributed by atoms with E-state index in [-0.39, 0.29) is 17.5 Å². The van der Waals surface area contributed by atoms with Crippen LogP contribution < -0.4 is 0 Å². The largest absolute Gasteiger partial charge is 0.245 e. The van der Waals surface area contributed by atoms with E-state index in [1.165, 1.54) is 6.08 Å². The van der Waals surface area contributed by atoms with Crippen LogP contribution >= 0.6 is 0 Å². The van der Waals surface area contributed by atoms with E-state index >= 15 is 0 Å². The van der Waals surface area contributed by atoms with Crippen molar-refractivity contribution in [1.29, 1.82) is 0 Å². The highest BCUT2D eigenvalue weighted by Crippen LogP contribution is 2.26. The summed E-state index contributed by atoms with van der Waals surface area (Å²) in [6.45, 7) is 3.90. The molecule has 0 heterocycles. The summed E-state index contributed by atoms with van der Waals surface area (Å²) < 4.78 is 46.6. The summed E-state index contributed by atoms with van der Waals surface area (Å²) in [4.78, 5) is 0. The van der Waals surface area contributed by atoms with Crippen LogP contribution in [-0.4, -0.2) is 33.1 Å². The van der Waals surface area contributed by atoms with Gasteiger partial charge in [0.25, 0.3) is 0 Å². The molecule has 0 fully saturated rings. The van der Waals surface area contributed by atoms with E-state index in [9.17, 15) is 16.8 Å². The molecule has 98 valence electrons. The van der Waals surface area contributed by atoms with E-state index < -0.39 is 20.0 Å². The Morgan fingerprint density at radius 3 is 1.82 bits per heavy atom. The highest BCUT2D eigenvalue weighted by Gasteiger charge is 2.29. The van der Waals surface area contributed by atoms with E-state index in [1.807, 2.05) is 19.9 Å². The Hall–Kier alpha value is -0.820. The molecule has 7 heteroatoms. The Morgan fingerprint density at radius 1 is 1.00 bits per heavy atom. The number of hydrogen-bond donors (Lipinski definition) is 0. The molecule has 0 aromatic rings. The second-order valence-corrected chi connectivity index (χ2v) is 8.29. The van der Waals surface area contributed by atoms with Gasteiger partial charge < -0.3 is 0 Å². The Bertz CT molecular complexity index is 525. The lowest BCUT2D eigenvalue weighted by atomic mass is 9.91. The summed E-state index contributed by atoms with van der Waals surface area (Å²) in [6.07, 6.45) is 6.76. The van der Waals surface area contributed by atoms with Gasteiger partial charge in [-0.2, -0.15) is 3.71 Å². The molecule has 0 spiro atoms. The Labute approximate surface area is 103 Å². The van der Waals surface area contributed by atoms with Crippen molar-refractivity contribution in [3.8, 4) is 0 Å². The maximum Gasteiger partial charge on any atom is 0.245 e. The number of rotatable bonds is 3. The monoisotopic (exact) mass is 279 g/mol. The molecular weight excluding hydrogens is 262 g/mol. The molecule has 0 radical (unpaired) electrons. The molecule has 0 aromatic carbocycles. The molecule has 0 unspecified atom stereocenters. The van der Waals surface area contributed by atoms with Crippen molar-refractivity contribution < 1.29 is 16.8 Å². The standard InChI is InChI=1S/C10H17NO4S2/c1-8-5-6-10(7-9(8)2)11(16(3,12)13)17(4,14)15/h5-9H,1-4H3/t8-,9+/m0/s1. The highest BCUT2D eigenvalue weighted by molar-refractivity contribution is 8.03. The van der Waals surface area contributed by atoms with Crippen molar-refractivity contribution in [1.82, 2.24) is 3.71 Å². The second-order valence-electron chi connectivity index (χ2n) is 4.39. The van der Waals surface area contributed by atoms with Gasteiger partial charge in [-0.05, 0) is 17.9 Å². The van der Waals surface area contributed by atoms with Crippen LogP contribution in [0.3, 0.4) is 0 Å². The van der Waals surface area contributed by atoms with E-state index in [1.54, 1.807) is 6.08 Å². The Kier molecular flexibility index (Phi) is 3.73. The molecule has 1 aliphatic rings. The molecule has 0 saturated carbocycles. The molecule has 0 N–H and O–H groups in total. The van der Waals surface area contributed by atoms with Crippen molar-refractivity contribution in [2.24, 2.45) is 11.8 Å². The van der Waals surface area contributed by atoms with Gasteiger partial charge in [0.15, 0.2) is 0 Å². The summed E-state index contributed by atoms with van der Waals surface area (Å²) in [6, 6.07) is 0. The summed E-state index contributed by atoms with van der Waals surface area (Å²) in [5, 5.41) is 0. The van der Waals surface area contributed by atoms with Crippen LogP contribution in [0.4, 0.5) is 0 Å². The van der Waals surface area contributed by atoms with Gasteiger partial charge >= 0.3 is 0 Å². The Morgan fingerprint density at radius 2 is 1.47 bits per heavy atom. The molecule has 5 nitrogen and oxygen atoms in total. The predicted molar refractivity (Wildman–Crippen MR) is 67.1 cm³/mol. The minimum Gasteiger partial charge on any atom is -0.206 e. The zero-order chi connectivity index (χ0) is 13.4. The van der Waals surface area contributed by atoms with Crippen molar-refractivity contribution >= 4 is 20.0 Å². The topological polar surface area (TPSA) is 71.5 Å². The molecule has 1 rings (SSSR count). The van der Waals surface area contributed by atoms with Crippen LogP contribution in [0, 0.1) is 11.8 Å². The molecule has 0 bridgehead atoms. The third-order valence-corrected chi connectivity index (χ3v) is 5.90. The normalized spacial score (nSPS) is 25.5. The zero-order valence-electron chi connectivity index (χ0n) is 10.3. The highest BCUT2D eigenvalue weighted by atomic mass is 32.3. The lowest BCUT2D eigenvalue weighted by molar-refractivity contribution is 0.516. The summed E-state index contributed by atoms with van der Waals surface area (Å²) in [7, 11) is -7.67. The summed E-state index contributed by atoms with van der Waals surface area (Å²) in [5.41, 5.74) is 0.195. The van der Waals surface area contributed by atoms with Crippen molar-refractivity contribution in [2.75, 3.05) is 12.5 Å². The Balaban J connectivity index is 3.30. The maximum atomic E-state index is 11.5. The minimum atomic E-state index is -3.84. The average molecular weight is 279 g/mol. The van der Waals surface area contributed by atoms with Crippen molar-refractivity contribution in [3.05, 3.63) is 23.9 Å². The first-order chi connectivity index (χ1) is 7.53. The van der Waals surface area contributed by atoms with E-state index in [0.29, 0.717) is 3.71 Å². The lowest BCUT2D eigenvalue weighted by Crippen LogP contribution is -2.35. The average Bonchev–Trinajstić information content (AvgIpc) is 2.06. The third-order valence-electron chi connectivity index (χ3n) is 2.65. The van der Waals surface area contributed by atoms with Gasteiger partial charge in [0.1, 0.15) is 0 Å². The number of nitrogens with zero attached hydrogens (tertiary/aromatic N) is 1. The van der Waals surface area contributed by atoms with Crippen LogP contribution in [0.15, 0.2) is 23.9 Å². The first-order valence-electron chi connectivity index (χ1n) is 5.14. The van der Waals surface area contributed by atoms with Crippen LogP contribution in [-0.2, 0) is 20.0 Å². The quantitative estimate of drug-likeness (QED) is 0.770. The SMILES string of the molecule is C[C@@H]1C=C(N(S(C)(=O)=O)S(C)(=O)=O)C=C[C@@H]1C. The molecule has 1 aliphatic carbocycles. The van der Waals surface area contributed by atoms with Gasteiger partial charge in [-0.25, -0.2) is 16.8 Å². The predicted octanol–water partition coefficient (Wildman–Crippen LogP) is 0.934. The second kappa shape index (κ2) is 4.45. The van der Waals surface area contributed by atoms with Gasteiger partial charge in [-0.3, -0.25) is 0 Å². The smallest absolute Gasteiger partial charge is 0.206 e. The maximum absolute atomic E-state index is 11.5. The van der Waals surface area contributed by atoms with Crippen LogP contribution in [0.25, 0.3) is 0 Å². The summed E-state index contributed by atoms with van der Waals surface area (Å²) in [5.74, 6) is 0.362. The first-order valence-corrected chi connectivity index (χ1v) is 8.83. The molecule has 0 amide bonds. The lowest BCUT2D eigenvalue weighted by Gasteiger charge is -2.26. The fourth-order valence-electron chi connectivity index (χ4n) is 1.65. The molecule has 0 aliphatic heterocycles. The van der Waals surface area contributed by atoms with Gasteiger partial charge in [0.05, 0.1) is 18.2 Å². The van der Waals surface area contributed by atoms with Gasteiger partial charge in [-0.15, -0.1) is 0 Å². The van der Waals surface area contributed by atoms with Crippen molar-refractivity contribution in [3.63, 3.8) is 0 Å². The van der Waals surface area contributed by atoms with E-state index in [4.69, 9.17) is 0 Å². The third kappa shape index (κ3) is 3.32. The zero-order valence-corrected chi connectivity index (χ0v) is 11.9. The summed E-state index contributed by atoms with van der Waals surface area (Å²) >= 11 is 0. The molecule has 0 saturated heterocycles. The molecule has 0 aromatic heterocycles. The van der Waals surface area contributed by atoms with Crippen LogP contribution in [0.1, 0.15) is 13.8 Å². The van der Waals surface area contributed by atoms with Crippen LogP contribution in [0.2, 0.25) is 0 Å². The fraction of sp³-hybridized carbons (Fsp3) is 0.600. The van der Waals surface area contributed by atoms with Crippen LogP contribution in [0.5, 0.6) is 0 Å². The number of hydrogen-bond acceptors (Lipinski definition) is 4. The molecule has 2 atom stereocenters.